The van der Waals surface area contributed by atoms with Crippen molar-refractivity contribution in [3.05, 3.63) is 30.7 Å². The quantitative estimate of drug-likeness (QED) is 0.737. The SMILES string of the molecule is COc1cccn2c(N)c(-c3cnn(C)c3)nc12. The lowest BCUT2D eigenvalue weighted by molar-refractivity contribution is 0.417. The molecule has 0 bridgehead atoms. The molecule has 0 saturated carbocycles. The molecule has 0 saturated heterocycles. The number of nitrogen functional groups attached to an aromatic ring is 1. The molecule has 2 N–H and O–H groups in total. The number of rotatable bonds is 2. The first-order valence-corrected chi connectivity index (χ1v) is 5.50. The lowest BCUT2D eigenvalue weighted by Crippen LogP contribution is -1.94. The van der Waals surface area contributed by atoms with Crippen molar-refractivity contribution in [3.8, 4) is 17.0 Å². The zero-order chi connectivity index (χ0) is 12.7. The Kier molecular flexibility index (Phi) is 2.22. The van der Waals surface area contributed by atoms with E-state index in [2.05, 4.69) is 10.1 Å². The molecule has 3 aromatic heterocycles. The molecule has 6 nitrogen and oxygen atoms in total. The zero-order valence-corrected chi connectivity index (χ0v) is 10.2. The van der Waals surface area contributed by atoms with Gasteiger partial charge in [0.1, 0.15) is 11.5 Å². The van der Waals surface area contributed by atoms with E-state index in [9.17, 15) is 0 Å². The summed E-state index contributed by atoms with van der Waals surface area (Å²) in [7, 11) is 3.47. The van der Waals surface area contributed by atoms with E-state index in [1.165, 1.54) is 0 Å². The standard InChI is InChI=1S/C12H13N5O/c1-16-7-8(6-14-16)10-11(13)17-5-3-4-9(18-2)12(17)15-10/h3-7H,13H2,1-2H3. The minimum absolute atomic E-state index is 0.580. The highest BCUT2D eigenvalue weighted by atomic mass is 16.5. The van der Waals surface area contributed by atoms with Gasteiger partial charge in [0.05, 0.1) is 13.3 Å². The van der Waals surface area contributed by atoms with E-state index in [1.807, 2.05) is 31.6 Å². The first-order valence-electron chi connectivity index (χ1n) is 5.50. The van der Waals surface area contributed by atoms with E-state index >= 15 is 0 Å². The van der Waals surface area contributed by atoms with Crippen molar-refractivity contribution in [1.82, 2.24) is 19.2 Å². The molecule has 0 spiro atoms. The van der Waals surface area contributed by atoms with Gasteiger partial charge in [0.2, 0.25) is 0 Å². The van der Waals surface area contributed by atoms with Crippen LogP contribution in [-0.2, 0) is 7.05 Å². The summed E-state index contributed by atoms with van der Waals surface area (Å²) in [5.74, 6) is 1.27. The predicted octanol–water partition coefficient (Wildman–Crippen LogP) is 1.33. The van der Waals surface area contributed by atoms with Gasteiger partial charge >= 0.3 is 0 Å². The molecular formula is C12H13N5O. The lowest BCUT2D eigenvalue weighted by Gasteiger charge is -2.01. The zero-order valence-electron chi connectivity index (χ0n) is 10.2. The lowest BCUT2D eigenvalue weighted by atomic mass is 10.2. The first-order chi connectivity index (χ1) is 8.70. The highest BCUT2D eigenvalue weighted by Gasteiger charge is 2.14. The van der Waals surface area contributed by atoms with Crippen LogP contribution in [0.15, 0.2) is 30.7 Å². The summed E-state index contributed by atoms with van der Waals surface area (Å²) < 4.78 is 8.80. The van der Waals surface area contributed by atoms with Gasteiger partial charge in [-0.25, -0.2) is 4.98 Å². The molecule has 3 aromatic rings. The van der Waals surface area contributed by atoms with Crippen LogP contribution in [0.2, 0.25) is 0 Å². The number of imidazole rings is 1. The molecule has 0 aromatic carbocycles. The summed E-state index contributed by atoms with van der Waals surface area (Å²) in [6.45, 7) is 0. The molecule has 0 fully saturated rings. The number of methoxy groups -OCH3 is 1. The first kappa shape index (κ1) is 10.6. The molecule has 0 unspecified atom stereocenters. The molecule has 0 aliphatic carbocycles. The number of nitrogens with two attached hydrogens (primary N) is 1. The molecule has 18 heavy (non-hydrogen) atoms. The van der Waals surface area contributed by atoms with Crippen molar-refractivity contribution in [2.24, 2.45) is 7.05 Å². The molecule has 92 valence electrons. The van der Waals surface area contributed by atoms with Crippen LogP contribution in [0.25, 0.3) is 16.9 Å². The van der Waals surface area contributed by atoms with Crippen LogP contribution in [0.5, 0.6) is 5.75 Å². The fraction of sp³-hybridized carbons (Fsp3) is 0.167. The van der Waals surface area contributed by atoms with Gasteiger partial charge < -0.3 is 10.5 Å². The van der Waals surface area contributed by atoms with E-state index in [0.717, 1.165) is 5.56 Å². The number of pyridine rings is 1. The Morgan fingerprint density at radius 1 is 1.39 bits per heavy atom. The summed E-state index contributed by atoms with van der Waals surface area (Å²) in [6, 6.07) is 3.73. The number of aryl methyl sites for hydroxylation is 1. The van der Waals surface area contributed by atoms with Gasteiger partial charge in [-0.1, -0.05) is 0 Å². The summed E-state index contributed by atoms with van der Waals surface area (Å²) in [5, 5.41) is 4.13. The van der Waals surface area contributed by atoms with Gasteiger partial charge in [0.15, 0.2) is 11.4 Å². The van der Waals surface area contributed by atoms with Gasteiger partial charge in [-0.3, -0.25) is 9.08 Å². The number of fused-ring (bicyclic) bond motifs is 1. The molecule has 6 heteroatoms. The van der Waals surface area contributed by atoms with Crippen LogP contribution >= 0.6 is 0 Å². The van der Waals surface area contributed by atoms with Gasteiger partial charge in [0, 0.05) is 25.0 Å². The fourth-order valence-electron chi connectivity index (χ4n) is 1.98. The number of hydrogen-bond acceptors (Lipinski definition) is 4. The monoisotopic (exact) mass is 243 g/mol. The van der Waals surface area contributed by atoms with Crippen LogP contribution in [0.4, 0.5) is 5.82 Å². The molecule has 0 aliphatic rings. The number of nitrogens with zero attached hydrogens (tertiary/aromatic N) is 4. The minimum Gasteiger partial charge on any atom is -0.493 e. The van der Waals surface area contributed by atoms with Crippen LogP contribution < -0.4 is 10.5 Å². The molecule has 0 amide bonds. The average Bonchev–Trinajstić information content (AvgIpc) is 2.94. The normalized spacial score (nSPS) is 11.0. The van der Waals surface area contributed by atoms with E-state index < -0.39 is 0 Å². The average molecular weight is 243 g/mol. The topological polar surface area (TPSA) is 70.4 Å². The Morgan fingerprint density at radius 3 is 2.89 bits per heavy atom. The van der Waals surface area contributed by atoms with Gasteiger partial charge in [-0.15, -0.1) is 0 Å². The summed E-state index contributed by atoms with van der Waals surface area (Å²) in [4.78, 5) is 4.53. The maximum atomic E-state index is 6.11. The van der Waals surface area contributed by atoms with Crippen molar-refractivity contribution in [1.29, 1.82) is 0 Å². The summed E-state index contributed by atoms with van der Waals surface area (Å²) in [5.41, 5.74) is 8.42. The number of anilines is 1. The Morgan fingerprint density at radius 2 is 2.22 bits per heavy atom. The maximum absolute atomic E-state index is 6.11. The van der Waals surface area contributed by atoms with Crippen molar-refractivity contribution in [3.63, 3.8) is 0 Å². The minimum atomic E-state index is 0.580. The van der Waals surface area contributed by atoms with Crippen molar-refractivity contribution >= 4 is 11.5 Å². The van der Waals surface area contributed by atoms with Crippen molar-refractivity contribution in [2.75, 3.05) is 12.8 Å². The highest BCUT2D eigenvalue weighted by molar-refractivity contribution is 5.76. The smallest absolute Gasteiger partial charge is 0.181 e. The third-order valence-electron chi connectivity index (χ3n) is 2.85. The third-order valence-corrected chi connectivity index (χ3v) is 2.85. The second-order valence-electron chi connectivity index (χ2n) is 4.02. The molecule has 0 radical (unpaired) electrons. The van der Waals surface area contributed by atoms with Crippen LogP contribution in [0.1, 0.15) is 0 Å². The van der Waals surface area contributed by atoms with Gasteiger partial charge in [-0.05, 0) is 12.1 Å². The third kappa shape index (κ3) is 1.42. The fourth-order valence-corrected chi connectivity index (χ4v) is 1.98. The van der Waals surface area contributed by atoms with E-state index in [1.54, 1.807) is 22.4 Å². The summed E-state index contributed by atoms with van der Waals surface area (Å²) >= 11 is 0. The Bertz CT molecular complexity index is 712. The van der Waals surface area contributed by atoms with Crippen molar-refractivity contribution < 1.29 is 4.74 Å². The molecule has 3 rings (SSSR count). The van der Waals surface area contributed by atoms with Gasteiger partial charge in [-0.2, -0.15) is 5.10 Å². The largest absolute Gasteiger partial charge is 0.493 e. The Hall–Kier alpha value is -2.50. The number of hydrogen-bond donors (Lipinski definition) is 1. The number of ether oxygens (including phenoxy) is 1. The molecule has 0 aliphatic heterocycles. The van der Waals surface area contributed by atoms with Gasteiger partial charge in [0.25, 0.3) is 0 Å². The van der Waals surface area contributed by atoms with Crippen LogP contribution in [0.3, 0.4) is 0 Å². The van der Waals surface area contributed by atoms with E-state index in [-0.39, 0.29) is 0 Å². The van der Waals surface area contributed by atoms with E-state index in [0.29, 0.717) is 22.9 Å². The Balaban J connectivity index is 2.28. The molecule has 3 heterocycles. The second-order valence-corrected chi connectivity index (χ2v) is 4.02. The molecular weight excluding hydrogens is 230 g/mol. The summed E-state index contributed by atoms with van der Waals surface area (Å²) in [6.07, 6.45) is 5.48. The van der Waals surface area contributed by atoms with Crippen molar-refractivity contribution in [2.45, 2.75) is 0 Å². The molecule has 0 atom stereocenters. The Labute approximate surface area is 104 Å². The van der Waals surface area contributed by atoms with E-state index in [4.69, 9.17) is 10.5 Å². The second kappa shape index (κ2) is 3.76. The predicted molar refractivity (Wildman–Crippen MR) is 68.4 cm³/mol. The van der Waals surface area contributed by atoms with Crippen LogP contribution in [-0.4, -0.2) is 26.3 Å². The highest BCUT2D eigenvalue weighted by Crippen LogP contribution is 2.29. The van der Waals surface area contributed by atoms with Crippen LogP contribution in [0, 0.1) is 0 Å². The maximum Gasteiger partial charge on any atom is 0.181 e. The number of aromatic nitrogens is 4.